The van der Waals surface area contributed by atoms with E-state index in [0.717, 1.165) is 5.56 Å². The molecule has 8 heteroatoms. The Balaban J connectivity index is 1.69. The van der Waals surface area contributed by atoms with Gasteiger partial charge >= 0.3 is 0 Å². The van der Waals surface area contributed by atoms with Gasteiger partial charge in [-0.25, -0.2) is 5.43 Å². The van der Waals surface area contributed by atoms with E-state index < -0.39 is 5.91 Å². The van der Waals surface area contributed by atoms with E-state index in [1.54, 1.807) is 30.3 Å². The Kier molecular flexibility index (Phi) is 9.17. The molecular weight excluding hydrogens is 456 g/mol. The number of hydrogen-bond donors (Lipinski definition) is 1. The van der Waals surface area contributed by atoms with Gasteiger partial charge in [-0.2, -0.15) is 5.10 Å². The zero-order chi connectivity index (χ0) is 24.3. The fraction of sp³-hybridized carbons (Fsp3) is 0.231. The minimum absolute atomic E-state index is 0.384. The smallest absolute Gasteiger partial charge is 0.271 e. The molecule has 0 atom stereocenters. The molecule has 1 amide bonds. The first kappa shape index (κ1) is 24.9. The highest BCUT2D eigenvalue weighted by Crippen LogP contribution is 2.36. The van der Waals surface area contributed by atoms with Gasteiger partial charge in [0, 0.05) is 5.56 Å². The first-order valence-electron chi connectivity index (χ1n) is 10.8. The van der Waals surface area contributed by atoms with Gasteiger partial charge in [0.25, 0.3) is 5.91 Å². The second kappa shape index (κ2) is 12.5. The highest BCUT2D eigenvalue weighted by atomic mass is 35.5. The predicted octanol–water partition coefficient (Wildman–Crippen LogP) is 5.49. The van der Waals surface area contributed by atoms with Gasteiger partial charge in [-0.1, -0.05) is 41.9 Å². The number of rotatable bonds is 11. The van der Waals surface area contributed by atoms with Crippen molar-refractivity contribution in [1.82, 2.24) is 5.43 Å². The summed E-state index contributed by atoms with van der Waals surface area (Å²) in [4.78, 5) is 12.6. The van der Waals surface area contributed by atoms with Gasteiger partial charge in [-0.05, 0) is 55.3 Å². The fourth-order valence-corrected chi connectivity index (χ4v) is 3.37. The quantitative estimate of drug-likeness (QED) is 0.289. The van der Waals surface area contributed by atoms with Crippen LogP contribution in [0, 0.1) is 0 Å². The predicted molar refractivity (Wildman–Crippen MR) is 133 cm³/mol. The Labute approximate surface area is 204 Å². The summed E-state index contributed by atoms with van der Waals surface area (Å²) in [6, 6.07) is 18.2. The Morgan fingerprint density at radius 1 is 0.941 bits per heavy atom. The maximum atomic E-state index is 12.6. The van der Waals surface area contributed by atoms with Crippen LogP contribution in [0.4, 0.5) is 0 Å². The minimum Gasteiger partial charge on any atom is -0.493 e. The van der Waals surface area contributed by atoms with Crippen molar-refractivity contribution >= 4 is 23.7 Å². The van der Waals surface area contributed by atoms with E-state index >= 15 is 0 Å². The number of hydrazone groups is 1. The summed E-state index contributed by atoms with van der Waals surface area (Å²) in [5, 5.41) is 4.42. The molecule has 3 rings (SSSR count). The van der Waals surface area contributed by atoms with Crippen LogP contribution >= 0.6 is 11.6 Å². The number of carbonyl (C=O) groups excluding carboxylic acids is 1. The molecule has 3 aromatic rings. The van der Waals surface area contributed by atoms with Gasteiger partial charge < -0.3 is 18.9 Å². The number of hydrogen-bond acceptors (Lipinski definition) is 6. The number of nitrogens with zero attached hydrogens (tertiary/aromatic N) is 1. The molecular formula is C26H27ClN2O5. The van der Waals surface area contributed by atoms with Crippen LogP contribution in [0.5, 0.6) is 23.0 Å². The number of carbonyl (C=O) groups is 1. The lowest BCUT2D eigenvalue weighted by Crippen LogP contribution is -2.17. The van der Waals surface area contributed by atoms with Gasteiger partial charge in [0.2, 0.25) is 0 Å². The average molecular weight is 483 g/mol. The molecule has 0 aromatic heterocycles. The Bertz CT molecular complexity index is 1140. The zero-order valence-electron chi connectivity index (χ0n) is 19.3. The maximum absolute atomic E-state index is 12.6. The van der Waals surface area contributed by atoms with Crippen LogP contribution in [0.15, 0.2) is 65.8 Å². The highest BCUT2D eigenvalue weighted by molar-refractivity contribution is 6.32. The van der Waals surface area contributed by atoms with E-state index in [-0.39, 0.29) is 0 Å². The topological polar surface area (TPSA) is 78.4 Å². The molecule has 34 heavy (non-hydrogen) atoms. The molecule has 7 nitrogen and oxygen atoms in total. The molecule has 0 saturated carbocycles. The number of methoxy groups -OCH3 is 1. The lowest BCUT2D eigenvalue weighted by atomic mass is 10.2. The third kappa shape index (κ3) is 6.65. The van der Waals surface area contributed by atoms with E-state index in [1.807, 2.05) is 44.2 Å². The Hall–Kier alpha value is -3.71. The van der Waals surface area contributed by atoms with E-state index in [0.29, 0.717) is 59.0 Å². The summed E-state index contributed by atoms with van der Waals surface area (Å²) in [5.74, 6) is 1.59. The van der Waals surface area contributed by atoms with Crippen molar-refractivity contribution in [1.29, 1.82) is 0 Å². The van der Waals surface area contributed by atoms with Gasteiger partial charge in [-0.3, -0.25) is 4.79 Å². The minimum atomic E-state index is -0.393. The number of ether oxygens (including phenoxy) is 4. The van der Waals surface area contributed by atoms with Crippen molar-refractivity contribution < 1.29 is 23.7 Å². The summed E-state index contributed by atoms with van der Waals surface area (Å²) in [7, 11) is 1.53. The molecule has 0 heterocycles. The Morgan fingerprint density at radius 2 is 1.71 bits per heavy atom. The van der Waals surface area contributed by atoms with Crippen LogP contribution in [0.25, 0.3) is 0 Å². The maximum Gasteiger partial charge on any atom is 0.271 e. The van der Waals surface area contributed by atoms with Gasteiger partial charge in [-0.15, -0.1) is 0 Å². The normalized spacial score (nSPS) is 10.7. The van der Waals surface area contributed by atoms with Crippen molar-refractivity contribution in [2.75, 3.05) is 20.3 Å². The number of benzene rings is 3. The van der Waals surface area contributed by atoms with Gasteiger partial charge in [0.05, 0.1) is 31.6 Å². The van der Waals surface area contributed by atoms with Crippen LogP contribution < -0.4 is 24.4 Å². The standard InChI is InChI=1S/C26H27ClN2O5/c1-4-32-23-15-20(11-12-22(23)34-17-18-9-7-6-8-10-18)26(30)29-28-16-19-13-21(27)25(33-5-2)24(14-19)31-3/h6-16H,4-5,17H2,1-3H3,(H,29,30)/b28-16+. The Morgan fingerprint density at radius 3 is 2.41 bits per heavy atom. The number of nitrogens with one attached hydrogen (secondary N) is 1. The summed E-state index contributed by atoms with van der Waals surface area (Å²) in [6.45, 7) is 5.02. The third-order valence-electron chi connectivity index (χ3n) is 4.66. The molecule has 0 spiro atoms. The van der Waals surface area contributed by atoms with Crippen molar-refractivity contribution in [3.05, 3.63) is 82.4 Å². The number of halogens is 1. The van der Waals surface area contributed by atoms with Crippen LogP contribution in [-0.2, 0) is 6.61 Å². The molecule has 0 aliphatic heterocycles. The molecule has 0 bridgehead atoms. The summed E-state index contributed by atoms with van der Waals surface area (Å²) in [5.41, 5.74) is 4.57. The van der Waals surface area contributed by atoms with E-state index in [4.69, 9.17) is 30.5 Å². The second-order valence-corrected chi connectivity index (χ2v) is 7.44. The summed E-state index contributed by atoms with van der Waals surface area (Å²) < 4.78 is 22.4. The van der Waals surface area contributed by atoms with Crippen LogP contribution in [0.2, 0.25) is 5.02 Å². The molecule has 178 valence electrons. The lowest BCUT2D eigenvalue weighted by molar-refractivity contribution is 0.0954. The first-order valence-corrected chi connectivity index (χ1v) is 11.2. The van der Waals surface area contributed by atoms with Gasteiger partial charge in [0.1, 0.15) is 6.61 Å². The van der Waals surface area contributed by atoms with Crippen molar-refractivity contribution in [3.8, 4) is 23.0 Å². The summed E-state index contributed by atoms with van der Waals surface area (Å²) in [6.07, 6.45) is 1.48. The lowest BCUT2D eigenvalue weighted by Gasteiger charge is -2.13. The third-order valence-corrected chi connectivity index (χ3v) is 4.94. The van der Waals surface area contributed by atoms with E-state index in [9.17, 15) is 4.79 Å². The molecule has 0 fully saturated rings. The molecule has 3 aromatic carbocycles. The first-order chi connectivity index (χ1) is 16.5. The largest absolute Gasteiger partial charge is 0.493 e. The molecule has 1 N–H and O–H groups in total. The van der Waals surface area contributed by atoms with Crippen LogP contribution in [-0.4, -0.2) is 32.4 Å². The zero-order valence-corrected chi connectivity index (χ0v) is 20.1. The van der Waals surface area contributed by atoms with Crippen molar-refractivity contribution in [2.24, 2.45) is 5.10 Å². The van der Waals surface area contributed by atoms with Crippen molar-refractivity contribution in [2.45, 2.75) is 20.5 Å². The molecule has 0 aliphatic carbocycles. The highest BCUT2D eigenvalue weighted by Gasteiger charge is 2.13. The van der Waals surface area contributed by atoms with E-state index in [1.165, 1.54) is 13.3 Å². The summed E-state index contributed by atoms with van der Waals surface area (Å²) >= 11 is 6.28. The van der Waals surface area contributed by atoms with E-state index in [2.05, 4.69) is 10.5 Å². The molecule has 0 aliphatic rings. The van der Waals surface area contributed by atoms with Crippen LogP contribution in [0.3, 0.4) is 0 Å². The molecule has 0 unspecified atom stereocenters. The van der Waals surface area contributed by atoms with Crippen molar-refractivity contribution in [3.63, 3.8) is 0 Å². The average Bonchev–Trinajstić information content (AvgIpc) is 2.85. The SMILES string of the molecule is CCOc1cc(C(=O)N/N=C/c2cc(Cl)c(OCC)c(OC)c2)ccc1OCc1ccccc1. The number of amides is 1. The van der Waals surface area contributed by atoms with Gasteiger partial charge in [0.15, 0.2) is 23.0 Å². The monoisotopic (exact) mass is 482 g/mol. The second-order valence-electron chi connectivity index (χ2n) is 7.04. The molecule has 0 radical (unpaired) electrons. The fourth-order valence-electron chi connectivity index (χ4n) is 3.10. The molecule has 0 saturated heterocycles. The van der Waals surface area contributed by atoms with Crippen LogP contribution in [0.1, 0.15) is 35.3 Å².